The Morgan fingerprint density at radius 1 is 1.41 bits per heavy atom. The summed E-state index contributed by atoms with van der Waals surface area (Å²) < 4.78 is 4.88. The van der Waals surface area contributed by atoms with Crippen molar-refractivity contribution >= 4 is 17.7 Å². The molecule has 1 aromatic carbocycles. The van der Waals surface area contributed by atoms with Crippen LogP contribution in [0.25, 0.3) is 0 Å². The number of ether oxygens (including phenoxy) is 1. The molecule has 1 N–H and O–H groups in total. The van der Waals surface area contributed by atoms with Crippen molar-refractivity contribution in [3.05, 3.63) is 35.9 Å². The van der Waals surface area contributed by atoms with Gasteiger partial charge < -0.3 is 10.1 Å². The van der Waals surface area contributed by atoms with E-state index in [1.165, 1.54) is 5.56 Å². The fourth-order valence-electron chi connectivity index (χ4n) is 1.29. The summed E-state index contributed by atoms with van der Waals surface area (Å²) in [4.78, 5) is 11.7. The van der Waals surface area contributed by atoms with E-state index in [-0.39, 0.29) is 11.2 Å². The van der Waals surface area contributed by atoms with Crippen molar-refractivity contribution in [2.75, 3.05) is 20.3 Å². The summed E-state index contributed by atoms with van der Waals surface area (Å²) in [5.74, 6) is 0.933. The number of benzene rings is 1. The Bertz CT molecular complexity index is 329. The van der Waals surface area contributed by atoms with Gasteiger partial charge in [-0.2, -0.15) is 0 Å². The highest BCUT2D eigenvalue weighted by atomic mass is 32.2. The smallest absolute Gasteiger partial charge is 0.232 e. The third-order valence-corrected chi connectivity index (χ3v) is 3.53. The lowest BCUT2D eigenvalue weighted by Crippen LogP contribution is -2.33. The van der Waals surface area contributed by atoms with Gasteiger partial charge in [0.05, 0.1) is 11.9 Å². The Morgan fingerprint density at radius 3 is 2.76 bits per heavy atom. The number of carbonyl (C=O) groups is 1. The molecule has 0 unspecified atom stereocenters. The second-order valence-electron chi connectivity index (χ2n) is 3.72. The third-order valence-electron chi connectivity index (χ3n) is 2.32. The van der Waals surface area contributed by atoms with Gasteiger partial charge in [-0.15, -0.1) is 11.8 Å². The Kier molecular flexibility index (Phi) is 6.74. The highest BCUT2D eigenvalue weighted by Gasteiger charge is 2.12. The summed E-state index contributed by atoms with van der Waals surface area (Å²) in [6.07, 6.45) is 0. The highest BCUT2D eigenvalue weighted by molar-refractivity contribution is 7.99. The van der Waals surface area contributed by atoms with Crippen LogP contribution >= 0.6 is 11.8 Å². The van der Waals surface area contributed by atoms with Crippen molar-refractivity contribution in [2.45, 2.75) is 17.9 Å². The standard InChI is InChI=1S/C13H19NO2S/c1-11(13(15)14-8-9-16-2)17-10-12-6-4-3-5-7-12/h3-7,11H,8-10H2,1-2H3,(H,14,15)/t11-/m0/s1. The van der Waals surface area contributed by atoms with Gasteiger partial charge in [0.1, 0.15) is 0 Å². The summed E-state index contributed by atoms with van der Waals surface area (Å²) in [7, 11) is 1.62. The summed E-state index contributed by atoms with van der Waals surface area (Å²) in [6, 6.07) is 10.2. The van der Waals surface area contributed by atoms with Gasteiger partial charge in [0.15, 0.2) is 0 Å². The number of nitrogens with one attached hydrogen (secondary N) is 1. The number of carbonyl (C=O) groups excluding carboxylic acids is 1. The fourth-order valence-corrected chi connectivity index (χ4v) is 2.16. The van der Waals surface area contributed by atoms with E-state index in [4.69, 9.17) is 4.74 Å². The minimum atomic E-state index is -0.0351. The molecule has 0 saturated carbocycles. The predicted octanol–water partition coefficient (Wildman–Crippen LogP) is 2.07. The Morgan fingerprint density at radius 2 is 2.12 bits per heavy atom. The molecule has 0 spiro atoms. The molecule has 1 rings (SSSR count). The van der Waals surface area contributed by atoms with Gasteiger partial charge in [0.2, 0.25) is 5.91 Å². The lowest BCUT2D eigenvalue weighted by atomic mass is 10.2. The lowest BCUT2D eigenvalue weighted by Gasteiger charge is -2.11. The van der Waals surface area contributed by atoms with Crippen LogP contribution in [0.2, 0.25) is 0 Å². The van der Waals surface area contributed by atoms with Crippen LogP contribution < -0.4 is 5.32 Å². The fraction of sp³-hybridized carbons (Fsp3) is 0.462. The quantitative estimate of drug-likeness (QED) is 0.756. The molecule has 0 aliphatic heterocycles. The van der Waals surface area contributed by atoms with Crippen LogP contribution in [-0.4, -0.2) is 31.4 Å². The molecule has 3 nitrogen and oxygen atoms in total. The zero-order chi connectivity index (χ0) is 12.5. The van der Waals surface area contributed by atoms with Crippen molar-refractivity contribution in [3.63, 3.8) is 0 Å². The monoisotopic (exact) mass is 253 g/mol. The Hall–Kier alpha value is -1.00. The topological polar surface area (TPSA) is 38.3 Å². The maximum atomic E-state index is 11.7. The first-order valence-electron chi connectivity index (χ1n) is 5.66. The molecule has 1 aromatic rings. The van der Waals surface area contributed by atoms with Crippen molar-refractivity contribution in [1.29, 1.82) is 0 Å². The summed E-state index contributed by atoms with van der Waals surface area (Å²) >= 11 is 1.64. The van der Waals surface area contributed by atoms with Crippen LogP contribution in [0, 0.1) is 0 Å². The molecule has 0 aliphatic carbocycles. The summed E-state index contributed by atoms with van der Waals surface area (Å²) in [5, 5.41) is 2.80. The molecule has 1 amide bonds. The molecule has 0 heterocycles. The minimum absolute atomic E-state index is 0.0351. The maximum absolute atomic E-state index is 11.7. The number of thioether (sulfide) groups is 1. The van der Waals surface area contributed by atoms with Crippen molar-refractivity contribution < 1.29 is 9.53 Å². The van der Waals surface area contributed by atoms with Gasteiger partial charge in [-0.05, 0) is 12.5 Å². The van der Waals surface area contributed by atoms with Crippen LogP contribution in [0.4, 0.5) is 0 Å². The molecule has 0 saturated heterocycles. The average Bonchev–Trinajstić information content (AvgIpc) is 2.37. The molecular weight excluding hydrogens is 234 g/mol. The van der Waals surface area contributed by atoms with Gasteiger partial charge in [0, 0.05) is 19.4 Å². The largest absolute Gasteiger partial charge is 0.383 e. The van der Waals surface area contributed by atoms with Crippen LogP contribution in [0.3, 0.4) is 0 Å². The van der Waals surface area contributed by atoms with E-state index in [0.717, 1.165) is 5.75 Å². The van der Waals surface area contributed by atoms with Crippen LogP contribution in [0.15, 0.2) is 30.3 Å². The molecule has 94 valence electrons. The second-order valence-corrected chi connectivity index (χ2v) is 5.05. The zero-order valence-electron chi connectivity index (χ0n) is 10.3. The van der Waals surface area contributed by atoms with Crippen LogP contribution in [-0.2, 0) is 15.3 Å². The van der Waals surface area contributed by atoms with E-state index in [1.807, 2.05) is 25.1 Å². The lowest BCUT2D eigenvalue weighted by molar-refractivity contribution is -0.120. The van der Waals surface area contributed by atoms with Gasteiger partial charge in [-0.3, -0.25) is 4.79 Å². The SMILES string of the molecule is COCCNC(=O)[C@H](C)SCc1ccccc1. The van der Waals surface area contributed by atoms with Gasteiger partial charge in [0.25, 0.3) is 0 Å². The van der Waals surface area contributed by atoms with E-state index < -0.39 is 0 Å². The third kappa shape index (κ3) is 5.75. The van der Waals surface area contributed by atoms with Crippen molar-refractivity contribution in [3.8, 4) is 0 Å². The summed E-state index contributed by atoms with van der Waals surface area (Å²) in [5.41, 5.74) is 1.24. The van der Waals surface area contributed by atoms with Gasteiger partial charge in [-0.1, -0.05) is 30.3 Å². The first-order valence-corrected chi connectivity index (χ1v) is 6.71. The van der Waals surface area contributed by atoms with Crippen LogP contribution in [0.1, 0.15) is 12.5 Å². The highest BCUT2D eigenvalue weighted by Crippen LogP contribution is 2.17. The number of methoxy groups -OCH3 is 1. The van der Waals surface area contributed by atoms with E-state index >= 15 is 0 Å². The normalized spacial score (nSPS) is 12.1. The molecule has 0 aromatic heterocycles. The molecule has 4 heteroatoms. The Balaban J connectivity index is 2.24. The molecule has 0 fully saturated rings. The number of hydrogen-bond donors (Lipinski definition) is 1. The maximum Gasteiger partial charge on any atom is 0.232 e. The minimum Gasteiger partial charge on any atom is -0.383 e. The second kappa shape index (κ2) is 8.14. The number of hydrogen-bond acceptors (Lipinski definition) is 3. The van der Waals surface area contributed by atoms with Gasteiger partial charge in [-0.25, -0.2) is 0 Å². The first-order chi connectivity index (χ1) is 8.24. The van der Waals surface area contributed by atoms with Crippen molar-refractivity contribution in [2.24, 2.45) is 0 Å². The van der Waals surface area contributed by atoms with Crippen LogP contribution in [0.5, 0.6) is 0 Å². The van der Waals surface area contributed by atoms with E-state index in [9.17, 15) is 4.79 Å². The molecule has 17 heavy (non-hydrogen) atoms. The molecular formula is C13H19NO2S. The summed E-state index contributed by atoms with van der Waals surface area (Å²) in [6.45, 7) is 3.06. The van der Waals surface area contributed by atoms with E-state index in [1.54, 1.807) is 18.9 Å². The van der Waals surface area contributed by atoms with E-state index in [2.05, 4.69) is 17.4 Å². The van der Waals surface area contributed by atoms with Crippen molar-refractivity contribution in [1.82, 2.24) is 5.32 Å². The zero-order valence-corrected chi connectivity index (χ0v) is 11.1. The molecule has 0 radical (unpaired) electrons. The molecule has 1 atom stereocenters. The van der Waals surface area contributed by atoms with Gasteiger partial charge >= 0.3 is 0 Å². The number of rotatable bonds is 7. The Labute approximate surface area is 107 Å². The number of amides is 1. The average molecular weight is 253 g/mol. The molecule has 0 aliphatic rings. The predicted molar refractivity (Wildman–Crippen MR) is 72.1 cm³/mol. The molecule has 0 bridgehead atoms. The van der Waals surface area contributed by atoms with E-state index in [0.29, 0.717) is 13.2 Å². The first kappa shape index (κ1) is 14.1.